The molecule has 2 saturated heterocycles. The lowest BCUT2D eigenvalue weighted by atomic mass is 10.1. The van der Waals surface area contributed by atoms with E-state index in [0.29, 0.717) is 17.7 Å². The summed E-state index contributed by atoms with van der Waals surface area (Å²) in [6.45, 7) is 0. The summed E-state index contributed by atoms with van der Waals surface area (Å²) >= 11 is 1.31. The molecule has 3 rings (SSSR count). The first-order valence-corrected chi connectivity index (χ1v) is 10.9. The van der Waals surface area contributed by atoms with Crippen LogP contribution < -0.4 is 10.6 Å². The fraction of sp³-hybridized carbons (Fsp3) is 0.500. The molecule has 1 aromatic carbocycles. The average molecular weight is 386 g/mol. The summed E-state index contributed by atoms with van der Waals surface area (Å²) in [5.74, 6) is -0.628. The van der Waals surface area contributed by atoms with Gasteiger partial charge in [-0.05, 0) is 24.5 Å². The zero-order valence-corrected chi connectivity index (χ0v) is 15.0. The van der Waals surface area contributed by atoms with E-state index < -0.39 is 27.2 Å². The molecular formula is C16H19FN2O4S2. The number of carbonyl (C=O) groups is 2. The first-order valence-electron chi connectivity index (χ1n) is 8.00. The number of hydrogen-bond donors (Lipinski definition) is 2. The van der Waals surface area contributed by atoms with Gasteiger partial charge in [0.1, 0.15) is 11.9 Å². The first-order chi connectivity index (χ1) is 11.8. The van der Waals surface area contributed by atoms with Crippen molar-refractivity contribution in [2.75, 3.05) is 17.3 Å². The van der Waals surface area contributed by atoms with E-state index in [9.17, 15) is 22.4 Å². The topological polar surface area (TPSA) is 92.3 Å². The first kappa shape index (κ1) is 18.2. The monoisotopic (exact) mass is 386 g/mol. The zero-order chi connectivity index (χ0) is 18.0. The van der Waals surface area contributed by atoms with Crippen LogP contribution in [0.3, 0.4) is 0 Å². The molecule has 0 saturated carbocycles. The number of rotatable bonds is 4. The van der Waals surface area contributed by atoms with Gasteiger partial charge in [-0.1, -0.05) is 18.2 Å². The summed E-state index contributed by atoms with van der Waals surface area (Å²) in [4.78, 5) is 24.5. The molecule has 25 heavy (non-hydrogen) atoms. The highest BCUT2D eigenvalue weighted by Gasteiger charge is 2.35. The summed E-state index contributed by atoms with van der Waals surface area (Å²) in [5, 5.41) is 4.90. The maximum atomic E-state index is 13.7. The lowest BCUT2D eigenvalue weighted by Gasteiger charge is -2.29. The molecule has 0 aromatic heterocycles. The molecule has 0 radical (unpaired) electrons. The molecule has 1 aromatic rings. The van der Waals surface area contributed by atoms with E-state index in [1.54, 1.807) is 18.2 Å². The largest absolute Gasteiger partial charge is 0.351 e. The Bertz CT molecular complexity index is 784. The van der Waals surface area contributed by atoms with E-state index in [-0.39, 0.29) is 35.6 Å². The van der Waals surface area contributed by atoms with E-state index >= 15 is 0 Å². The molecular weight excluding hydrogens is 367 g/mol. The second kappa shape index (κ2) is 7.33. The minimum absolute atomic E-state index is 0.0531. The van der Waals surface area contributed by atoms with E-state index in [2.05, 4.69) is 10.6 Å². The number of halogens is 1. The van der Waals surface area contributed by atoms with Crippen molar-refractivity contribution in [3.63, 3.8) is 0 Å². The molecule has 2 amide bonds. The molecule has 3 unspecified atom stereocenters. The molecule has 2 aliphatic rings. The minimum atomic E-state index is -3.07. The van der Waals surface area contributed by atoms with Crippen LogP contribution in [-0.4, -0.2) is 54.8 Å². The van der Waals surface area contributed by atoms with Crippen LogP contribution in [0.2, 0.25) is 0 Å². The summed E-state index contributed by atoms with van der Waals surface area (Å²) in [6, 6.07) is 5.22. The van der Waals surface area contributed by atoms with Crippen LogP contribution in [0.4, 0.5) is 4.39 Å². The Balaban J connectivity index is 1.54. The van der Waals surface area contributed by atoms with Crippen molar-refractivity contribution in [1.29, 1.82) is 0 Å². The predicted octanol–water partition coefficient (Wildman–Crippen LogP) is 0.272. The van der Waals surface area contributed by atoms with Gasteiger partial charge in [0, 0.05) is 11.8 Å². The lowest BCUT2D eigenvalue weighted by Crippen LogP contribution is -2.56. The third-order valence-electron chi connectivity index (χ3n) is 4.33. The molecule has 0 spiro atoms. The maximum absolute atomic E-state index is 13.7. The fourth-order valence-electron chi connectivity index (χ4n) is 2.96. The van der Waals surface area contributed by atoms with Gasteiger partial charge in [-0.25, -0.2) is 12.8 Å². The number of benzene rings is 1. The van der Waals surface area contributed by atoms with Gasteiger partial charge in [-0.2, -0.15) is 0 Å². The molecule has 2 fully saturated rings. The highest BCUT2D eigenvalue weighted by atomic mass is 32.2. The summed E-state index contributed by atoms with van der Waals surface area (Å²) in [6.07, 6.45) is 0.663. The molecule has 9 heteroatoms. The van der Waals surface area contributed by atoms with Crippen LogP contribution in [0.15, 0.2) is 24.3 Å². The smallest absolute Gasteiger partial charge is 0.243 e. The average Bonchev–Trinajstić information content (AvgIpc) is 2.90. The number of hydrogen-bond acceptors (Lipinski definition) is 5. The highest BCUT2D eigenvalue weighted by molar-refractivity contribution is 8.00. The molecule has 2 N–H and O–H groups in total. The van der Waals surface area contributed by atoms with Crippen molar-refractivity contribution in [3.05, 3.63) is 35.6 Å². The third-order valence-corrected chi connectivity index (χ3v) is 7.41. The Morgan fingerprint density at radius 2 is 2.12 bits per heavy atom. The normalized spacial score (nSPS) is 28.4. The summed E-state index contributed by atoms with van der Waals surface area (Å²) in [7, 11) is -3.07. The van der Waals surface area contributed by atoms with Gasteiger partial charge in [-0.3, -0.25) is 9.59 Å². The number of nitrogens with one attached hydrogen (secondary N) is 2. The Morgan fingerprint density at radius 1 is 1.36 bits per heavy atom. The Hall–Kier alpha value is -1.61. The molecule has 2 heterocycles. The maximum Gasteiger partial charge on any atom is 0.243 e. The van der Waals surface area contributed by atoms with Gasteiger partial charge in [-0.15, -0.1) is 11.8 Å². The van der Waals surface area contributed by atoms with Crippen LogP contribution in [-0.2, 0) is 25.8 Å². The number of sulfone groups is 1. The van der Waals surface area contributed by atoms with E-state index in [4.69, 9.17) is 0 Å². The number of amides is 2. The predicted molar refractivity (Wildman–Crippen MR) is 93.5 cm³/mol. The second-order valence-corrected chi connectivity index (χ2v) is 9.75. The molecule has 3 atom stereocenters. The van der Waals surface area contributed by atoms with Gasteiger partial charge < -0.3 is 10.6 Å². The quantitative estimate of drug-likeness (QED) is 0.775. The SMILES string of the molecule is O=C(NC1CCS(=O)(=O)C1)C1CSC(Cc2ccccc2F)C(=O)N1. The van der Waals surface area contributed by atoms with Crippen molar-refractivity contribution in [1.82, 2.24) is 10.6 Å². The van der Waals surface area contributed by atoms with E-state index in [0.717, 1.165) is 0 Å². The summed E-state index contributed by atoms with van der Waals surface area (Å²) < 4.78 is 36.6. The van der Waals surface area contributed by atoms with Crippen molar-refractivity contribution in [3.8, 4) is 0 Å². The second-order valence-electron chi connectivity index (χ2n) is 6.29. The number of thioether (sulfide) groups is 1. The Kier molecular flexibility index (Phi) is 5.33. The van der Waals surface area contributed by atoms with E-state index in [1.165, 1.54) is 17.8 Å². The molecule has 6 nitrogen and oxygen atoms in total. The van der Waals surface area contributed by atoms with Crippen LogP contribution in [0.5, 0.6) is 0 Å². The van der Waals surface area contributed by atoms with Crippen molar-refractivity contribution in [2.45, 2.75) is 30.2 Å². The molecule has 0 bridgehead atoms. The van der Waals surface area contributed by atoms with Gasteiger partial charge in [0.05, 0.1) is 16.8 Å². The summed E-state index contributed by atoms with van der Waals surface area (Å²) in [5.41, 5.74) is 0.467. The zero-order valence-electron chi connectivity index (χ0n) is 13.4. The van der Waals surface area contributed by atoms with Crippen molar-refractivity contribution >= 4 is 33.4 Å². The van der Waals surface area contributed by atoms with Gasteiger partial charge in [0.2, 0.25) is 11.8 Å². The van der Waals surface area contributed by atoms with Gasteiger partial charge >= 0.3 is 0 Å². The molecule has 0 aliphatic carbocycles. The minimum Gasteiger partial charge on any atom is -0.351 e. The van der Waals surface area contributed by atoms with Crippen LogP contribution >= 0.6 is 11.8 Å². The lowest BCUT2D eigenvalue weighted by molar-refractivity contribution is -0.128. The Labute approximate surface area is 149 Å². The van der Waals surface area contributed by atoms with Crippen LogP contribution in [0.25, 0.3) is 0 Å². The molecule has 2 aliphatic heterocycles. The molecule has 136 valence electrons. The third kappa shape index (κ3) is 4.52. The fourth-order valence-corrected chi connectivity index (χ4v) is 5.81. The van der Waals surface area contributed by atoms with Crippen molar-refractivity contribution < 1.29 is 22.4 Å². The van der Waals surface area contributed by atoms with E-state index in [1.807, 2.05) is 0 Å². The standard InChI is InChI=1S/C16H19FN2O4S2/c17-12-4-2-1-3-10(12)7-14-16(21)19-13(8-24-14)15(20)18-11-5-6-25(22,23)9-11/h1-4,11,13-14H,5-9H2,(H,18,20)(H,19,21). The number of carbonyl (C=O) groups excluding carboxylic acids is 2. The van der Waals surface area contributed by atoms with Crippen molar-refractivity contribution in [2.24, 2.45) is 0 Å². The Morgan fingerprint density at radius 3 is 2.76 bits per heavy atom. The van der Waals surface area contributed by atoms with Crippen LogP contribution in [0.1, 0.15) is 12.0 Å². The van der Waals surface area contributed by atoms with Gasteiger partial charge in [0.25, 0.3) is 0 Å². The highest BCUT2D eigenvalue weighted by Crippen LogP contribution is 2.23. The van der Waals surface area contributed by atoms with Gasteiger partial charge in [0.15, 0.2) is 9.84 Å². The van der Waals surface area contributed by atoms with Crippen LogP contribution in [0, 0.1) is 5.82 Å².